The SMILES string of the molecule is Nc1nc2c(F)cc(F)cc2n1-c1ccc(Br)cc1F. The molecule has 0 amide bonds. The minimum absolute atomic E-state index is 0.0678. The zero-order chi connectivity index (χ0) is 14.4. The molecule has 7 heteroatoms. The van der Waals surface area contributed by atoms with Crippen molar-refractivity contribution in [3.8, 4) is 5.69 Å². The smallest absolute Gasteiger partial charge is 0.206 e. The molecule has 2 N–H and O–H groups in total. The van der Waals surface area contributed by atoms with Gasteiger partial charge in [0.05, 0.1) is 11.2 Å². The number of benzene rings is 2. The van der Waals surface area contributed by atoms with Crippen LogP contribution in [-0.4, -0.2) is 9.55 Å². The Bertz CT molecular complexity index is 829. The second-order valence-corrected chi connectivity index (χ2v) is 5.07. The van der Waals surface area contributed by atoms with E-state index in [1.165, 1.54) is 16.7 Å². The first-order valence-electron chi connectivity index (χ1n) is 5.56. The maximum absolute atomic E-state index is 14.0. The van der Waals surface area contributed by atoms with Gasteiger partial charge in [-0.25, -0.2) is 18.2 Å². The Balaban J connectivity index is 2.38. The van der Waals surface area contributed by atoms with E-state index in [1.807, 2.05) is 0 Å². The summed E-state index contributed by atoms with van der Waals surface area (Å²) in [4.78, 5) is 3.81. The summed E-state index contributed by atoms with van der Waals surface area (Å²) in [6.07, 6.45) is 0. The predicted octanol–water partition coefficient (Wildman–Crippen LogP) is 3.79. The highest BCUT2D eigenvalue weighted by molar-refractivity contribution is 9.10. The van der Waals surface area contributed by atoms with Crippen LogP contribution in [0.2, 0.25) is 0 Å². The van der Waals surface area contributed by atoms with Crippen LogP contribution in [0.4, 0.5) is 19.1 Å². The Labute approximate surface area is 120 Å². The fourth-order valence-electron chi connectivity index (χ4n) is 2.04. The first-order chi connectivity index (χ1) is 9.47. The van der Waals surface area contributed by atoms with Gasteiger partial charge >= 0.3 is 0 Å². The van der Waals surface area contributed by atoms with Gasteiger partial charge in [0.1, 0.15) is 17.2 Å². The van der Waals surface area contributed by atoms with E-state index in [1.54, 1.807) is 6.07 Å². The molecule has 1 aromatic heterocycles. The number of halogens is 4. The molecule has 0 saturated heterocycles. The van der Waals surface area contributed by atoms with E-state index in [9.17, 15) is 13.2 Å². The van der Waals surface area contributed by atoms with Crippen molar-refractivity contribution in [2.24, 2.45) is 0 Å². The molecule has 2 aromatic carbocycles. The van der Waals surface area contributed by atoms with Gasteiger partial charge in [0.2, 0.25) is 5.95 Å². The Morgan fingerprint density at radius 3 is 2.50 bits per heavy atom. The normalized spacial score (nSPS) is 11.2. The average molecular weight is 342 g/mol. The summed E-state index contributed by atoms with van der Waals surface area (Å²) in [5, 5.41) is 0. The molecule has 1 heterocycles. The zero-order valence-electron chi connectivity index (χ0n) is 9.87. The minimum Gasteiger partial charge on any atom is -0.369 e. The number of rotatable bonds is 1. The lowest BCUT2D eigenvalue weighted by Crippen LogP contribution is -2.03. The number of imidazole rings is 1. The third-order valence-corrected chi connectivity index (χ3v) is 3.35. The van der Waals surface area contributed by atoms with Gasteiger partial charge in [-0.1, -0.05) is 15.9 Å². The van der Waals surface area contributed by atoms with E-state index in [4.69, 9.17) is 5.73 Å². The van der Waals surface area contributed by atoms with E-state index in [0.29, 0.717) is 10.5 Å². The lowest BCUT2D eigenvalue weighted by atomic mass is 10.2. The highest BCUT2D eigenvalue weighted by Crippen LogP contribution is 2.28. The zero-order valence-corrected chi connectivity index (χ0v) is 11.5. The molecule has 20 heavy (non-hydrogen) atoms. The van der Waals surface area contributed by atoms with Crippen LogP contribution in [0.5, 0.6) is 0 Å². The van der Waals surface area contributed by atoms with Crippen molar-refractivity contribution in [3.05, 3.63) is 52.3 Å². The van der Waals surface area contributed by atoms with E-state index in [-0.39, 0.29) is 22.7 Å². The number of fused-ring (bicyclic) bond motifs is 1. The van der Waals surface area contributed by atoms with Crippen LogP contribution in [0, 0.1) is 17.5 Å². The van der Waals surface area contributed by atoms with Gasteiger partial charge in [-0.2, -0.15) is 0 Å². The van der Waals surface area contributed by atoms with Crippen LogP contribution < -0.4 is 5.73 Å². The number of nitrogens with zero attached hydrogens (tertiary/aromatic N) is 2. The second-order valence-electron chi connectivity index (χ2n) is 4.16. The molecule has 0 bridgehead atoms. The first-order valence-corrected chi connectivity index (χ1v) is 6.35. The van der Waals surface area contributed by atoms with E-state index >= 15 is 0 Å². The molecule has 0 aliphatic heterocycles. The molecule has 0 atom stereocenters. The summed E-state index contributed by atoms with van der Waals surface area (Å²) in [5.74, 6) is -2.34. The van der Waals surface area contributed by atoms with Gasteiger partial charge in [0.15, 0.2) is 5.82 Å². The molecule has 0 aliphatic rings. The van der Waals surface area contributed by atoms with Crippen molar-refractivity contribution in [2.75, 3.05) is 5.73 Å². The topological polar surface area (TPSA) is 43.8 Å². The Kier molecular flexibility index (Phi) is 2.93. The molecule has 0 aliphatic carbocycles. The third kappa shape index (κ3) is 1.94. The summed E-state index contributed by atoms with van der Waals surface area (Å²) in [7, 11) is 0. The van der Waals surface area contributed by atoms with Crippen LogP contribution >= 0.6 is 15.9 Å². The highest BCUT2D eigenvalue weighted by atomic mass is 79.9. The first kappa shape index (κ1) is 13.0. The molecule has 0 unspecified atom stereocenters. The van der Waals surface area contributed by atoms with Gasteiger partial charge in [-0.05, 0) is 18.2 Å². The summed E-state index contributed by atoms with van der Waals surface area (Å²) in [6, 6.07) is 6.04. The molecule has 3 nitrogen and oxygen atoms in total. The lowest BCUT2D eigenvalue weighted by Gasteiger charge is -2.08. The van der Waals surface area contributed by atoms with Crippen molar-refractivity contribution in [2.45, 2.75) is 0 Å². The van der Waals surface area contributed by atoms with E-state index < -0.39 is 17.5 Å². The number of aromatic nitrogens is 2. The van der Waals surface area contributed by atoms with Crippen molar-refractivity contribution < 1.29 is 13.2 Å². The number of hydrogen-bond donors (Lipinski definition) is 1. The van der Waals surface area contributed by atoms with Gasteiger partial charge in [-0.15, -0.1) is 0 Å². The highest BCUT2D eigenvalue weighted by Gasteiger charge is 2.17. The summed E-state index contributed by atoms with van der Waals surface area (Å²) >= 11 is 3.13. The standard InChI is InChI=1S/C13H7BrF3N3/c14-6-1-2-10(8(16)3-6)20-11-5-7(15)4-9(17)12(11)19-13(20)18/h1-5H,(H2,18,19). The predicted molar refractivity (Wildman–Crippen MR) is 73.1 cm³/mol. The van der Waals surface area contributed by atoms with Gasteiger partial charge in [0.25, 0.3) is 0 Å². The van der Waals surface area contributed by atoms with Crippen molar-refractivity contribution in [3.63, 3.8) is 0 Å². The molecule has 102 valence electrons. The molecule has 0 fully saturated rings. The van der Waals surface area contributed by atoms with E-state index in [2.05, 4.69) is 20.9 Å². The quantitative estimate of drug-likeness (QED) is 0.731. The largest absolute Gasteiger partial charge is 0.369 e. The fourth-order valence-corrected chi connectivity index (χ4v) is 2.37. The maximum atomic E-state index is 14.0. The fraction of sp³-hybridized carbons (Fsp3) is 0. The van der Waals surface area contributed by atoms with Crippen LogP contribution in [0.3, 0.4) is 0 Å². The number of nitrogen functional groups attached to an aromatic ring is 1. The summed E-state index contributed by atoms with van der Waals surface area (Å²) in [5.41, 5.74) is 5.73. The van der Waals surface area contributed by atoms with Crippen LogP contribution in [0.25, 0.3) is 16.7 Å². The van der Waals surface area contributed by atoms with Crippen LogP contribution in [0.1, 0.15) is 0 Å². The number of hydrogen-bond acceptors (Lipinski definition) is 2. The lowest BCUT2D eigenvalue weighted by molar-refractivity contribution is 0.590. The number of anilines is 1. The monoisotopic (exact) mass is 341 g/mol. The third-order valence-electron chi connectivity index (χ3n) is 2.86. The second kappa shape index (κ2) is 4.52. The minimum atomic E-state index is -0.844. The van der Waals surface area contributed by atoms with Crippen LogP contribution in [-0.2, 0) is 0 Å². The van der Waals surface area contributed by atoms with E-state index in [0.717, 1.165) is 6.07 Å². The van der Waals surface area contributed by atoms with Crippen molar-refractivity contribution in [1.29, 1.82) is 0 Å². The summed E-state index contributed by atoms with van der Waals surface area (Å²) in [6.45, 7) is 0. The summed E-state index contributed by atoms with van der Waals surface area (Å²) < 4.78 is 42.7. The molecular formula is C13H7BrF3N3. The maximum Gasteiger partial charge on any atom is 0.206 e. The molecule has 3 aromatic rings. The molecule has 0 spiro atoms. The van der Waals surface area contributed by atoms with Gasteiger partial charge < -0.3 is 5.73 Å². The van der Waals surface area contributed by atoms with Gasteiger partial charge in [-0.3, -0.25) is 4.57 Å². The molecule has 3 rings (SSSR count). The Morgan fingerprint density at radius 2 is 1.80 bits per heavy atom. The average Bonchev–Trinajstić information content (AvgIpc) is 2.67. The molecular weight excluding hydrogens is 335 g/mol. The Hall–Kier alpha value is -2.02. The van der Waals surface area contributed by atoms with Crippen molar-refractivity contribution >= 4 is 32.9 Å². The molecule has 0 radical (unpaired) electrons. The van der Waals surface area contributed by atoms with Crippen molar-refractivity contribution in [1.82, 2.24) is 9.55 Å². The number of nitrogens with two attached hydrogens (primary N) is 1. The van der Waals surface area contributed by atoms with Crippen LogP contribution in [0.15, 0.2) is 34.8 Å². The molecule has 0 saturated carbocycles. The Morgan fingerprint density at radius 1 is 1.05 bits per heavy atom. The van der Waals surface area contributed by atoms with Gasteiger partial charge in [0, 0.05) is 16.6 Å².